The Hall–Kier alpha value is -2.44. The molecule has 2 rings (SSSR count). The van der Waals surface area contributed by atoms with Crippen molar-refractivity contribution in [2.45, 2.75) is 6.18 Å². The molecule has 0 N–H and O–H groups in total. The maximum absolute atomic E-state index is 13.1. The van der Waals surface area contributed by atoms with E-state index in [0.717, 1.165) is 12.1 Å². The van der Waals surface area contributed by atoms with Crippen molar-refractivity contribution in [3.63, 3.8) is 0 Å². The van der Waals surface area contributed by atoms with Gasteiger partial charge in [0.25, 0.3) is 0 Å². The molecule has 0 aliphatic rings. The fourth-order valence-corrected chi connectivity index (χ4v) is 1.63. The average molecular weight is 302 g/mol. The highest BCUT2D eigenvalue weighted by Gasteiger charge is 2.36. The third kappa shape index (κ3) is 3.56. The molecule has 0 amide bonds. The first-order valence-corrected chi connectivity index (χ1v) is 5.62. The highest BCUT2D eigenvalue weighted by molar-refractivity contribution is 5.92. The molecule has 0 radical (unpaired) electrons. The van der Waals surface area contributed by atoms with Crippen LogP contribution in [0.25, 0.3) is 0 Å². The van der Waals surface area contributed by atoms with Gasteiger partial charge in [-0.15, -0.1) is 0 Å². The van der Waals surface area contributed by atoms with Gasteiger partial charge in [-0.1, -0.05) is 6.07 Å². The Kier molecular flexibility index (Phi) is 3.93. The first-order valence-electron chi connectivity index (χ1n) is 5.62. The summed E-state index contributed by atoms with van der Waals surface area (Å²) in [6.07, 6.45) is -4.84. The van der Waals surface area contributed by atoms with Gasteiger partial charge in [0, 0.05) is 6.07 Å². The molecule has 0 spiro atoms. The van der Waals surface area contributed by atoms with Crippen molar-refractivity contribution in [3.05, 3.63) is 65.2 Å². The van der Waals surface area contributed by atoms with E-state index in [-0.39, 0.29) is 5.75 Å². The lowest BCUT2D eigenvalue weighted by atomic mass is 10.1. The van der Waals surface area contributed by atoms with Crippen LogP contribution in [0, 0.1) is 11.6 Å². The lowest BCUT2D eigenvalue weighted by molar-refractivity contribution is -0.138. The predicted octanol–water partition coefficient (Wildman–Crippen LogP) is 4.20. The van der Waals surface area contributed by atoms with E-state index in [2.05, 4.69) is 4.74 Å². The topological polar surface area (TPSA) is 26.3 Å². The largest absolute Gasteiger partial charge is 0.423 e. The monoisotopic (exact) mass is 302 g/mol. The lowest BCUT2D eigenvalue weighted by Crippen LogP contribution is -2.17. The van der Waals surface area contributed by atoms with E-state index in [1.165, 1.54) is 12.1 Å². The molecule has 0 aliphatic heterocycles. The fourth-order valence-electron chi connectivity index (χ4n) is 1.63. The van der Waals surface area contributed by atoms with Crippen LogP contribution in [0.5, 0.6) is 5.75 Å². The summed E-state index contributed by atoms with van der Waals surface area (Å²) in [4.78, 5) is 11.7. The number of benzene rings is 2. The molecule has 110 valence electrons. The van der Waals surface area contributed by atoms with Crippen molar-refractivity contribution in [3.8, 4) is 5.75 Å². The first-order chi connectivity index (χ1) is 9.77. The zero-order valence-electron chi connectivity index (χ0n) is 10.2. The molecule has 21 heavy (non-hydrogen) atoms. The molecular formula is C14H7F5O2. The Labute approximate surface area is 115 Å². The molecule has 0 aromatic heterocycles. The summed E-state index contributed by atoms with van der Waals surface area (Å²) in [7, 11) is 0. The van der Waals surface area contributed by atoms with Crippen LogP contribution in [0.3, 0.4) is 0 Å². The number of hydrogen-bond donors (Lipinski definition) is 0. The summed E-state index contributed by atoms with van der Waals surface area (Å²) >= 11 is 0. The van der Waals surface area contributed by atoms with Crippen LogP contribution in [0.2, 0.25) is 0 Å². The molecule has 2 aromatic rings. The number of rotatable bonds is 2. The number of ether oxygens (including phenoxy) is 1. The molecule has 0 heterocycles. The van der Waals surface area contributed by atoms with Gasteiger partial charge in [-0.2, -0.15) is 13.2 Å². The van der Waals surface area contributed by atoms with E-state index >= 15 is 0 Å². The molecule has 0 fully saturated rings. The number of carbonyl (C=O) groups excluding carboxylic acids is 1. The van der Waals surface area contributed by atoms with Crippen LogP contribution in [-0.2, 0) is 6.18 Å². The van der Waals surface area contributed by atoms with Crippen LogP contribution < -0.4 is 4.74 Å². The lowest BCUT2D eigenvalue weighted by Gasteiger charge is -2.12. The van der Waals surface area contributed by atoms with Crippen LogP contribution in [0.1, 0.15) is 15.9 Å². The smallest absolute Gasteiger partial charge is 0.417 e. The SMILES string of the molecule is O=C(Oc1cccc(F)c1)c1cc(F)ccc1C(F)(F)F. The predicted molar refractivity (Wildman–Crippen MR) is 62.8 cm³/mol. The van der Waals surface area contributed by atoms with Gasteiger partial charge in [0.15, 0.2) is 0 Å². The molecule has 7 heteroatoms. The summed E-state index contributed by atoms with van der Waals surface area (Å²) in [6.45, 7) is 0. The van der Waals surface area contributed by atoms with Gasteiger partial charge in [0.05, 0.1) is 11.1 Å². The summed E-state index contributed by atoms with van der Waals surface area (Å²) in [5, 5.41) is 0. The number of esters is 1. The summed E-state index contributed by atoms with van der Waals surface area (Å²) in [5.41, 5.74) is -2.31. The second-order valence-electron chi connectivity index (χ2n) is 4.03. The minimum Gasteiger partial charge on any atom is -0.423 e. The van der Waals surface area contributed by atoms with Gasteiger partial charge in [-0.05, 0) is 30.3 Å². The number of alkyl halides is 3. The van der Waals surface area contributed by atoms with E-state index < -0.39 is 34.9 Å². The first kappa shape index (κ1) is 15.0. The summed E-state index contributed by atoms with van der Waals surface area (Å²) < 4.78 is 68.9. The van der Waals surface area contributed by atoms with Gasteiger partial charge in [0.1, 0.15) is 17.4 Å². The highest BCUT2D eigenvalue weighted by Crippen LogP contribution is 2.32. The van der Waals surface area contributed by atoms with E-state index in [1.54, 1.807) is 0 Å². The Morgan fingerprint density at radius 3 is 2.24 bits per heavy atom. The Balaban J connectivity index is 2.37. The Bertz CT molecular complexity index is 679. The van der Waals surface area contributed by atoms with Gasteiger partial charge in [-0.25, -0.2) is 13.6 Å². The minimum absolute atomic E-state index is 0.280. The third-order valence-corrected chi connectivity index (χ3v) is 2.51. The molecule has 0 unspecified atom stereocenters. The van der Waals surface area contributed by atoms with Crippen LogP contribution in [0.15, 0.2) is 42.5 Å². The summed E-state index contributed by atoms with van der Waals surface area (Å²) in [6, 6.07) is 5.75. The van der Waals surface area contributed by atoms with Crippen molar-refractivity contribution in [2.75, 3.05) is 0 Å². The van der Waals surface area contributed by atoms with E-state index in [9.17, 15) is 26.7 Å². The molecule has 0 aliphatic carbocycles. The van der Waals surface area contributed by atoms with Crippen molar-refractivity contribution in [1.29, 1.82) is 0 Å². The molecule has 2 nitrogen and oxygen atoms in total. The Morgan fingerprint density at radius 1 is 0.952 bits per heavy atom. The number of hydrogen-bond acceptors (Lipinski definition) is 2. The number of halogens is 5. The van der Waals surface area contributed by atoms with Crippen molar-refractivity contribution in [2.24, 2.45) is 0 Å². The second-order valence-corrected chi connectivity index (χ2v) is 4.03. The molecule has 0 saturated heterocycles. The fraction of sp³-hybridized carbons (Fsp3) is 0.0714. The highest BCUT2D eigenvalue weighted by atomic mass is 19.4. The zero-order valence-corrected chi connectivity index (χ0v) is 10.2. The second kappa shape index (κ2) is 5.51. The van der Waals surface area contributed by atoms with E-state index in [0.29, 0.717) is 18.2 Å². The molecule has 0 saturated carbocycles. The average Bonchev–Trinajstić information content (AvgIpc) is 2.37. The van der Waals surface area contributed by atoms with Crippen LogP contribution >= 0.6 is 0 Å². The zero-order chi connectivity index (χ0) is 15.6. The number of carbonyl (C=O) groups is 1. The van der Waals surface area contributed by atoms with E-state index in [4.69, 9.17) is 0 Å². The summed E-state index contributed by atoms with van der Waals surface area (Å²) in [5.74, 6) is -3.45. The van der Waals surface area contributed by atoms with Crippen LogP contribution in [0.4, 0.5) is 22.0 Å². The maximum atomic E-state index is 13.1. The van der Waals surface area contributed by atoms with Crippen molar-refractivity contribution >= 4 is 5.97 Å². The quantitative estimate of drug-likeness (QED) is 0.472. The van der Waals surface area contributed by atoms with Crippen molar-refractivity contribution in [1.82, 2.24) is 0 Å². The van der Waals surface area contributed by atoms with E-state index in [1.807, 2.05) is 0 Å². The van der Waals surface area contributed by atoms with Crippen LogP contribution in [-0.4, -0.2) is 5.97 Å². The van der Waals surface area contributed by atoms with Gasteiger partial charge >= 0.3 is 12.1 Å². The molecule has 0 bridgehead atoms. The van der Waals surface area contributed by atoms with Gasteiger partial charge in [0.2, 0.25) is 0 Å². The molecule has 0 atom stereocenters. The standard InChI is InChI=1S/C14H7F5O2/c15-8-2-1-3-10(6-8)21-13(20)11-7-9(16)4-5-12(11)14(17,18)19/h1-7H. The molecule has 2 aromatic carbocycles. The normalized spacial score (nSPS) is 11.3. The van der Waals surface area contributed by atoms with Gasteiger partial charge in [-0.3, -0.25) is 0 Å². The molecular weight excluding hydrogens is 295 g/mol. The van der Waals surface area contributed by atoms with Gasteiger partial charge < -0.3 is 4.74 Å². The third-order valence-electron chi connectivity index (χ3n) is 2.51. The van der Waals surface area contributed by atoms with Crippen molar-refractivity contribution < 1.29 is 31.5 Å². The Morgan fingerprint density at radius 2 is 1.62 bits per heavy atom. The maximum Gasteiger partial charge on any atom is 0.417 e. The minimum atomic E-state index is -4.84.